The quantitative estimate of drug-likeness (QED) is 0.634. The van der Waals surface area contributed by atoms with Gasteiger partial charge in [0, 0.05) is 19.0 Å². The van der Waals surface area contributed by atoms with E-state index in [4.69, 9.17) is 4.52 Å². The molecule has 0 aromatic carbocycles. The Hall–Kier alpha value is -1.65. The van der Waals surface area contributed by atoms with Gasteiger partial charge in [-0.05, 0) is 6.92 Å². The molecule has 0 spiro atoms. The number of amides is 1. The van der Waals surface area contributed by atoms with Crippen LogP contribution in [-0.4, -0.2) is 28.3 Å². The minimum atomic E-state index is -0.411. The summed E-state index contributed by atoms with van der Waals surface area (Å²) in [6, 6.07) is 1.76. The van der Waals surface area contributed by atoms with Gasteiger partial charge in [0.15, 0.2) is 0 Å². The first-order valence-electron chi connectivity index (χ1n) is 4.41. The fourth-order valence-electron chi connectivity index (χ4n) is 1.46. The molecule has 0 saturated carbocycles. The van der Waals surface area contributed by atoms with Crippen LogP contribution in [0.3, 0.4) is 0 Å². The molecule has 74 valence electrons. The lowest BCUT2D eigenvalue weighted by atomic mass is 10.3. The summed E-state index contributed by atoms with van der Waals surface area (Å²) in [4.78, 5) is 23.7. The second-order valence-corrected chi connectivity index (χ2v) is 3.33. The Morgan fingerprint density at radius 2 is 2.36 bits per heavy atom. The maximum Gasteiger partial charge on any atom is 0.290 e. The van der Waals surface area contributed by atoms with Crippen molar-refractivity contribution in [2.75, 3.05) is 6.54 Å². The van der Waals surface area contributed by atoms with Crippen molar-refractivity contribution in [2.45, 2.75) is 19.9 Å². The molecule has 0 unspecified atom stereocenters. The van der Waals surface area contributed by atoms with E-state index < -0.39 is 5.91 Å². The fourth-order valence-corrected chi connectivity index (χ4v) is 1.46. The van der Waals surface area contributed by atoms with Crippen molar-refractivity contribution in [3.05, 3.63) is 17.5 Å². The molecule has 5 heteroatoms. The number of ketones is 1. The number of hydrogen-bond donors (Lipinski definition) is 0. The first-order chi connectivity index (χ1) is 6.66. The summed E-state index contributed by atoms with van der Waals surface area (Å²) in [5, 5.41) is 3.76. The van der Waals surface area contributed by atoms with Gasteiger partial charge in [0.25, 0.3) is 5.91 Å². The molecule has 1 aromatic rings. The normalized spacial score (nSPS) is 16.8. The van der Waals surface area contributed by atoms with Crippen LogP contribution in [0.5, 0.6) is 0 Å². The van der Waals surface area contributed by atoms with Gasteiger partial charge >= 0.3 is 0 Å². The number of likely N-dealkylation sites (tertiary alicyclic amines) is 1. The zero-order valence-corrected chi connectivity index (χ0v) is 7.82. The lowest BCUT2D eigenvalue weighted by molar-refractivity contribution is -0.140. The molecule has 0 radical (unpaired) electrons. The molecule has 0 bridgehead atoms. The summed E-state index contributed by atoms with van der Waals surface area (Å²) in [6.07, 6.45) is 0.315. The fraction of sp³-hybridized carbons (Fsp3) is 0.444. The van der Waals surface area contributed by atoms with Crippen LogP contribution in [0.4, 0.5) is 0 Å². The van der Waals surface area contributed by atoms with Gasteiger partial charge in [-0.15, -0.1) is 0 Å². The van der Waals surface area contributed by atoms with E-state index in [-0.39, 0.29) is 5.78 Å². The van der Waals surface area contributed by atoms with Crippen molar-refractivity contribution in [1.82, 2.24) is 10.1 Å². The zero-order chi connectivity index (χ0) is 10.1. The molecular formula is C9H10N2O3. The maximum absolute atomic E-state index is 11.2. The highest BCUT2D eigenvalue weighted by atomic mass is 16.5. The second kappa shape index (κ2) is 3.25. The standard InChI is InChI=1S/C9H10N2O3/c1-6-4-7(10-14-6)5-11-3-2-8(12)9(11)13/h4H,2-3,5H2,1H3. The summed E-state index contributed by atoms with van der Waals surface area (Å²) < 4.78 is 4.86. The highest BCUT2D eigenvalue weighted by Gasteiger charge is 2.29. The van der Waals surface area contributed by atoms with Gasteiger partial charge in [-0.25, -0.2) is 0 Å². The minimum absolute atomic E-state index is 0.315. The van der Waals surface area contributed by atoms with Crippen molar-refractivity contribution < 1.29 is 14.1 Å². The Morgan fingerprint density at radius 3 is 2.86 bits per heavy atom. The predicted molar refractivity (Wildman–Crippen MR) is 46.3 cm³/mol. The molecule has 2 heterocycles. The van der Waals surface area contributed by atoms with Crippen LogP contribution in [0.2, 0.25) is 0 Å². The van der Waals surface area contributed by atoms with Crippen molar-refractivity contribution >= 4 is 11.7 Å². The van der Waals surface area contributed by atoms with E-state index in [0.29, 0.717) is 31.0 Å². The summed E-state index contributed by atoms with van der Waals surface area (Å²) in [6.45, 7) is 2.64. The number of rotatable bonds is 2. The van der Waals surface area contributed by atoms with Crippen molar-refractivity contribution in [3.8, 4) is 0 Å². The van der Waals surface area contributed by atoms with Gasteiger partial charge < -0.3 is 9.42 Å². The van der Waals surface area contributed by atoms with E-state index in [0.717, 1.165) is 0 Å². The second-order valence-electron chi connectivity index (χ2n) is 3.33. The number of hydrogen-bond acceptors (Lipinski definition) is 4. The molecule has 1 aliphatic heterocycles. The lowest BCUT2D eigenvalue weighted by Crippen LogP contribution is -2.26. The summed E-state index contributed by atoms with van der Waals surface area (Å²) in [5.41, 5.74) is 0.686. The van der Waals surface area contributed by atoms with Crippen molar-refractivity contribution in [3.63, 3.8) is 0 Å². The van der Waals surface area contributed by atoms with Crippen molar-refractivity contribution in [1.29, 1.82) is 0 Å². The van der Waals surface area contributed by atoms with E-state index in [1.807, 2.05) is 0 Å². The number of carbonyl (C=O) groups is 2. The Morgan fingerprint density at radius 1 is 1.57 bits per heavy atom. The highest BCUT2D eigenvalue weighted by molar-refractivity contribution is 6.37. The topological polar surface area (TPSA) is 63.4 Å². The van der Waals surface area contributed by atoms with Crippen LogP contribution in [0.25, 0.3) is 0 Å². The van der Waals surface area contributed by atoms with Crippen LogP contribution < -0.4 is 0 Å². The van der Waals surface area contributed by atoms with Crippen LogP contribution >= 0.6 is 0 Å². The summed E-state index contributed by atoms with van der Waals surface area (Å²) in [5.74, 6) is -0.0196. The molecule has 5 nitrogen and oxygen atoms in total. The number of aromatic nitrogens is 1. The smallest absolute Gasteiger partial charge is 0.290 e. The Balaban J connectivity index is 2.05. The number of Topliss-reactive ketones (excluding diaryl/α,β-unsaturated/α-hetero) is 1. The Kier molecular flexibility index (Phi) is 2.07. The first-order valence-corrected chi connectivity index (χ1v) is 4.41. The third kappa shape index (κ3) is 1.53. The van der Waals surface area contributed by atoms with E-state index in [9.17, 15) is 9.59 Å². The summed E-state index contributed by atoms with van der Waals surface area (Å²) >= 11 is 0. The van der Waals surface area contributed by atoms with Gasteiger partial charge in [0.05, 0.1) is 6.54 Å². The van der Waals surface area contributed by atoms with Gasteiger partial charge in [0.2, 0.25) is 5.78 Å². The van der Waals surface area contributed by atoms with E-state index in [2.05, 4.69) is 5.16 Å². The molecule has 14 heavy (non-hydrogen) atoms. The van der Waals surface area contributed by atoms with Crippen LogP contribution in [0.15, 0.2) is 10.6 Å². The molecular weight excluding hydrogens is 184 g/mol. The largest absolute Gasteiger partial charge is 0.361 e. The number of nitrogens with zero attached hydrogens (tertiary/aromatic N) is 2. The predicted octanol–water partition coefficient (Wildman–Crippen LogP) is 0.284. The number of aryl methyl sites for hydroxylation is 1. The molecule has 1 amide bonds. The summed E-state index contributed by atoms with van der Waals surface area (Å²) in [7, 11) is 0. The number of carbonyl (C=O) groups excluding carboxylic acids is 2. The Labute approximate surface area is 80.7 Å². The molecule has 1 aliphatic rings. The van der Waals surface area contributed by atoms with Gasteiger partial charge in [-0.3, -0.25) is 9.59 Å². The van der Waals surface area contributed by atoms with E-state index in [1.54, 1.807) is 13.0 Å². The monoisotopic (exact) mass is 194 g/mol. The first kappa shape index (κ1) is 8.93. The SMILES string of the molecule is Cc1cc(CN2CCC(=O)C2=O)no1. The zero-order valence-electron chi connectivity index (χ0n) is 7.82. The van der Waals surface area contributed by atoms with Gasteiger partial charge in [-0.1, -0.05) is 5.16 Å². The Bertz CT molecular complexity index is 383. The van der Waals surface area contributed by atoms with Gasteiger partial charge in [0.1, 0.15) is 11.5 Å². The lowest BCUT2D eigenvalue weighted by Gasteiger charge is -2.11. The third-order valence-corrected chi connectivity index (χ3v) is 2.16. The third-order valence-electron chi connectivity index (χ3n) is 2.16. The van der Waals surface area contributed by atoms with E-state index in [1.165, 1.54) is 4.90 Å². The van der Waals surface area contributed by atoms with Crippen LogP contribution in [-0.2, 0) is 16.1 Å². The molecule has 0 N–H and O–H groups in total. The average Bonchev–Trinajstić information content (AvgIpc) is 2.67. The van der Waals surface area contributed by atoms with Crippen LogP contribution in [0, 0.1) is 6.92 Å². The highest BCUT2D eigenvalue weighted by Crippen LogP contribution is 2.11. The minimum Gasteiger partial charge on any atom is -0.361 e. The molecule has 2 rings (SSSR count). The molecule has 1 saturated heterocycles. The molecule has 0 atom stereocenters. The van der Waals surface area contributed by atoms with E-state index >= 15 is 0 Å². The van der Waals surface area contributed by atoms with Crippen molar-refractivity contribution in [2.24, 2.45) is 0 Å². The maximum atomic E-state index is 11.2. The van der Waals surface area contributed by atoms with Gasteiger partial charge in [-0.2, -0.15) is 0 Å². The molecule has 1 fully saturated rings. The van der Waals surface area contributed by atoms with Crippen LogP contribution in [0.1, 0.15) is 17.9 Å². The molecule has 1 aromatic heterocycles. The average molecular weight is 194 g/mol. The molecule has 0 aliphatic carbocycles.